The van der Waals surface area contributed by atoms with Gasteiger partial charge in [-0.25, -0.2) is 4.40 Å². The third kappa shape index (κ3) is 3.10. The summed E-state index contributed by atoms with van der Waals surface area (Å²) >= 11 is 1.62. The predicted octanol–water partition coefficient (Wildman–Crippen LogP) is 4.34. The normalized spacial score (nSPS) is 24.3. The summed E-state index contributed by atoms with van der Waals surface area (Å²) in [5.41, 5.74) is 1.40. The molecule has 0 unspecified atom stereocenters. The fourth-order valence-electron chi connectivity index (χ4n) is 1.90. The Morgan fingerprint density at radius 3 is 2.73 bits per heavy atom. The minimum atomic E-state index is 0.690. The number of benzene rings is 1. The molecule has 1 aromatic carbocycles. The first-order chi connectivity index (χ1) is 7.36. The minimum absolute atomic E-state index is 0.690. The van der Waals surface area contributed by atoms with E-state index < -0.39 is 0 Å². The van der Waals surface area contributed by atoms with Crippen molar-refractivity contribution < 1.29 is 0 Å². The van der Waals surface area contributed by atoms with Crippen LogP contribution in [-0.2, 0) is 0 Å². The molecule has 2 rings (SSSR count). The standard InChI is InChI=1S/C13H17NS/c1-11-7-5-6-10-13(11)14-15-12-8-3-2-4-9-12/h2-4,8-9,11H,5-7,10H2,1H3/b14-13+/t11-/m1/s1. The highest BCUT2D eigenvalue weighted by Crippen LogP contribution is 2.26. The van der Waals surface area contributed by atoms with Crippen LogP contribution in [0.3, 0.4) is 0 Å². The highest BCUT2D eigenvalue weighted by Gasteiger charge is 2.15. The topological polar surface area (TPSA) is 12.4 Å². The van der Waals surface area contributed by atoms with Crippen molar-refractivity contribution >= 4 is 17.7 Å². The van der Waals surface area contributed by atoms with E-state index in [1.165, 1.54) is 36.3 Å². The Morgan fingerprint density at radius 2 is 2.00 bits per heavy atom. The fourth-order valence-corrected chi connectivity index (χ4v) is 2.67. The van der Waals surface area contributed by atoms with Gasteiger partial charge in [0.15, 0.2) is 0 Å². The molecule has 0 amide bonds. The Morgan fingerprint density at radius 1 is 1.20 bits per heavy atom. The molecule has 0 aliphatic heterocycles. The molecule has 0 radical (unpaired) electrons. The van der Waals surface area contributed by atoms with E-state index in [1.54, 1.807) is 11.9 Å². The average Bonchev–Trinajstić information content (AvgIpc) is 2.29. The van der Waals surface area contributed by atoms with E-state index >= 15 is 0 Å². The Labute approximate surface area is 96.1 Å². The second-order valence-electron chi connectivity index (χ2n) is 4.13. The summed E-state index contributed by atoms with van der Waals surface area (Å²) in [7, 11) is 0. The van der Waals surface area contributed by atoms with Crippen molar-refractivity contribution in [2.75, 3.05) is 0 Å². The molecule has 80 valence electrons. The molecular formula is C13H17NS. The maximum Gasteiger partial charge on any atom is 0.0305 e. The highest BCUT2D eigenvalue weighted by atomic mass is 32.2. The molecule has 1 saturated carbocycles. The zero-order valence-corrected chi connectivity index (χ0v) is 9.96. The van der Waals surface area contributed by atoms with Gasteiger partial charge in [-0.2, -0.15) is 0 Å². The summed E-state index contributed by atoms with van der Waals surface area (Å²) in [6.07, 6.45) is 5.20. The van der Waals surface area contributed by atoms with Crippen LogP contribution in [0.5, 0.6) is 0 Å². The van der Waals surface area contributed by atoms with Crippen LogP contribution in [0.15, 0.2) is 39.6 Å². The third-order valence-corrected chi connectivity index (χ3v) is 3.71. The average molecular weight is 219 g/mol. The van der Waals surface area contributed by atoms with Crippen molar-refractivity contribution in [1.82, 2.24) is 0 Å². The highest BCUT2D eigenvalue weighted by molar-refractivity contribution is 7.98. The van der Waals surface area contributed by atoms with Crippen molar-refractivity contribution in [3.8, 4) is 0 Å². The summed E-state index contributed by atoms with van der Waals surface area (Å²) < 4.78 is 4.67. The Bertz CT molecular complexity index is 332. The molecule has 0 spiro atoms. The molecule has 1 nitrogen and oxygen atoms in total. The van der Waals surface area contributed by atoms with Crippen LogP contribution in [-0.4, -0.2) is 5.71 Å². The van der Waals surface area contributed by atoms with Gasteiger partial charge in [-0.1, -0.05) is 31.5 Å². The van der Waals surface area contributed by atoms with Gasteiger partial charge in [0.2, 0.25) is 0 Å². The molecule has 0 heterocycles. The lowest BCUT2D eigenvalue weighted by molar-refractivity contribution is 0.561. The second kappa shape index (κ2) is 5.36. The van der Waals surface area contributed by atoms with Gasteiger partial charge in [0, 0.05) is 22.6 Å². The summed E-state index contributed by atoms with van der Waals surface area (Å²) in [5.74, 6) is 0.690. The van der Waals surface area contributed by atoms with E-state index in [9.17, 15) is 0 Å². The first-order valence-electron chi connectivity index (χ1n) is 5.65. The zero-order valence-electron chi connectivity index (χ0n) is 9.15. The fraction of sp³-hybridized carbons (Fsp3) is 0.462. The molecule has 2 heteroatoms. The Hall–Kier alpha value is -0.760. The van der Waals surface area contributed by atoms with Crippen molar-refractivity contribution in [3.05, 3.63) is 30.3 Å². The van der Waals surface area contributed by atoms with Crippen molar-refractivity contribution in [2.45, 2.75) is 37.5 Å². The maximum atomic E-state index is 4.67. The number of hydrogen-bond acceptors (Lipinski definition) is 2. The van der Waals surface area contributed by atoms with Gasteiger partial charge in [0.1, 0.15) is 0 Å². The maximum absolute atomic E-state index is 4.67. The molecule has 0 saturated heterocycles. The van der Waals surface area contributed by atoms with Gasteiger partial charge in [0.05, 0.1) is 0 Å². The molecule has 1 atom stereocenters. The SMILES string of the molecule is C[C@@H]1CCCC/C1=N\Sc1ccccc1. The van der Waals surface area contributed by atoms with Crippen LogP contribution >= 0.6 is 11.9 Å². The Kier molecular flexibility index (Phi) is 3.84. The van der Waals surface area contributed by atoms with Crippen LogP contribution in [0.4, 0.5) is 0 Å². The number of hydrogen-bond donors (Lipinski definition) is 0. The molecule has 1 aromatic rings. The summed E-state index contributed by atoms with van der Waals surface area (Å²) in [6, 6.07) is 10.4. The van der Waals surface area contributed by atoms with Crippen LogP contribution < -0.4 is 0 Å². The number of nitrogens with zero attached hydrogens (tertiary/aromatic N) is 1. The van der Waals surface area contributed by atoms with Crippen molar-refractivity contribution in [1.29, 1.82) is 0 Å². The van der Waals surface area contributed by atoms with E-state index in [2.05, 4.69) is 35.6 Å². The summed E-state index contributed by atoms with van der Waals surface area (Å²) in [4.78, 5) is 1.24. The first kappa shape index (κ1) is 10.7. The lowest BCUT2D eigenvalue weighted by Crippen LogP contribution is -2.15. The molecule has 1 aliphatic carbocycles. The lowest BCUT2D eigenvalue weighted by Gasteiger charge is -2.19. The van der Waals surface area contributed by atoms with Gasteiger partial charge in [-0.05, 0) is 37.3 Å². The van der Waals surface area contributed by atoms with E-state index in [-0.39, 0.29) is 0 Å². The molecule has 0 N–H and O–H groups in total. The van der Waals surface area contributed by atoms with Crippen LogP contribution in [0, 0.1) is 5.92 Å². The van der Waals surface area contributed by atoms with E-state index in [1.807, 2.05) is 6.07 Å². The van der Waals surface area contributed by atoms with Gasteiger partial charge in [-0.15, -0.1) is 0 Å². The van der Waals surface area contributed by atoms with Crippen LogP contribution in [0.2, 0.25) is 0 Å². The second-order valence-corrected chi connectivity index (χ2v) is 4.97. The molecular weight excluding hydrogens is 202 g/mol. The molecule has 1 fully saturated rings. The van der Waals surface area contributed by atoms with Crippen molar-refractivity contribution in [3.63, 3.8) is 0 Å². The summed E-state index contributed by atoms with van der Waals surface area (Å²) in [5, 5.41) is 0. The van der Waals surface area contributed by atoms with Crippen molar-refractivity contribution in [2.24, 2.45) is 10.3 Å². The van der Waals surface area contributed by atoms with E-state index in [0.717, 1.165) is 0 Å². The molecule has 15 heavy (non-hydrogen) atoms. The van der Waals surface area contributed by atoms with Crippen LogP contribution in [0.25, 0.3) is 0 Å². The van der Waals surface area contributed by atoms with E-state index in [0.29, 0.717) is 5.92 Å². The minimum Gasteiger partial charge on any atom is -0.220 e. The van der Waals surface area contributed by atoms with Crippen LogP contribution in [0.1, 0.15) is 32.6 Å². The van der Waals surface area contributed by atoms with E-state index in [4.69, 9.17) is 0 Å². The number of rotatable bonds is 2. The molecule has 0 aromatic heterocycles. The largest absolute Gasteiger partial charge is 0.220 e. The predicted molar refractivity (Wildman–Crippen MR) is 67.4 cm³/mol. The smallest absolute Gasteiger partial charge is 0.0305 e. The molecule has 1 aliphatic rings. The monoisotopic (exact) mass is 219 g/mol. The van der Waals surface area contributed by atoms with Gasteiger partial charge >= 0.3 is 0 Å². The lowest BCUT2D eigenvalue weighted by atomic mass is 9.89. The molecule has 0 bridgehead atoms. The third-order valence-electron chi connectivity index (χ3n) is 2.90. The quantitative estimate of drug-likeness (QED) is 0.674. The zero-order chi connectivity index (χ0) is 10.5. The Balaban J connectivity index is 1.98. The van der Waals surface area contributed by atoms with Gasteiger partial charge < -0.3 is 0 Å². The van der Waals surface area contributed by atoms with Gasteiger partial charge in [0.25, 0.3) is 0 Å². The summed E-state index contributed by atoms with van der Waals surface area (Å²) in [6.45, 7) is 2.30. The van der Waals surface area contributed by atoms with Gasteiger partial charge in [-0.3, -0.25) is 0 Å². The first-order valence-corrected chi connectivity index (χ1v) is 6.42.